The molecule has 6 heteroatoms. The van der Waals surface area contributed by atoms with Gasteiger partial charge in [-0.25, -0.2) is 4.99 Å². The molecule has 0 unspecified atom stereocenters. The van der Waals surface area contributed by atoms with Gasteiger partial charge in [0, 0.05) is 17.3 Å². The summed E-state index contributed by atoms with van der Waals surface area (Å²) in [7, 11) is 0. The number of carbonyl (C=O) groups is 1. The van der Waals surface area contributed by atoms with Crippen molar-refractivity contribution in [1.82, 2.24) is 4.57 Å². The number of aromatic nitrogens is 1. The third kappa shape index (κ3) is 3.67. The number of amides is 1. The largest absolute Gasteiger partial charge is 0.493 e. The number of carbonyl (C=O) groups excluding carboxylic acids is 1. The van der Waals surface area contributed by atoms with E-state index in [1.54, 1.807) is 16.7 Å². The van der Waals surface area contributed by atoms with Gasteiger partial charge in [0.2, 0.25) is 5.88 Å². The molecule has 1 amide bonds. The molecule has 0 saturated heterocycles. The first-order valence-electron chi connectivity index (χ1n) is 8.50. The number of fused-ring (bicyclic) bond motifs is 1. The van der Waals surface area contributed by atoms with Gasteiger partial charge in [0.05, 0.1) is 10.2 Å². The molecule has 4 nitrogen and oxygen atoms in total. The highest BCUT2D eigenvalue weighted by molar-refractivity contribution is 7.73. The Balaban J connectivity index is 1.66. The predicted octanol–water partition coefficient (Wildman–Crippen LogP) is 3.25. The minimum atomic E-state index is -0.316. The normalized spacial score (nSPS) is 14.5. The lowest BCUT2D eigenvalue weighted by molar-refractivity contribution is -0.114. The first kappa shape index (κ1) is 17.6. The molecule has 134 valence electrons. The molecule has 0 saturated carbocycles. The van der Waals surface area contributed by atoms with Gasteiger partial charge in [-0.2, -0.15) is 0 Å². The third-order valence-corrected chi connectivity index (χ3v) is 5.75. The average molecular weight is 393 g/mol. The molecule has 0 aliphatic carbocycles. The van der Waals surface area contributed by atoms with Gasteiger partial charge < -0.3 is 5.11 Å². The van der Waals surface area contributed by atoms with Crippen LogP contribution in [0.2, 0.25) is 0 Å². The molecule has 1 N–H and O–H groups in total. The average Bonchev–Trinajstić information content (AvgIpc) is 2.94. The Hall–Kier alpha value is -2.83. The molecule has 4 rings (SSSR count). The fraction of sp³-hybridized carbons (Fsp3) is 0.0952. The first-order chi connectivity index (χ1) is 13.1. The monoisotopic (exact) mass is 392 g/mol. The summed E-state index contributed by atoms with van der Waals surface area (Å²) >= 11 is 6.70. The van der Waals surface area contributed by atoms with E-state index in [0.717, 1.165) is 11.6 Å². The van der Waals surface area contributed by atoms with Gasteiger partial charge in [0.25, 0.3) is 5.91 Å². The smallest absolute Gasteiger partial charge is 0.277 e. The number of benzene rings is 2. The van der Waals surface area contributed by atoms with Crippen molar-refractivity contribution in [3.05, 3.63) is 85.1 Å². The molecular formula is C21H16N2O2S2. The van der Waals surface area contributed by atoms with E-state index >= 15 is 0 Å². The summed E-state index contributed by atoms with van der Waals surface area (Å²) in [5.74, 6) is -0.225. The highest BCUT2D eigenvalue weighted by Gasteiger charge is 2.15. The van der Waals surface area contributed by atoms with Crippen LogP contribution in [0.25, 0.3) is 12.2 Å². The van der Waals surface area contributed by atoms with E-state index in [9.17, 15) is 9.90 Å². The van der Waals surface area contributed by atoms with Gasteiger partial charge in [-0.15, -0.1) is 11.3 Å². The zero-order chi connectivity index (χ0) is 18.8. The number of para-hydroxylation sites is 1. The fourth-order valence-electron chi connectivity index (χ4n) is 2.95. The molecule has 1 aliphatic rings. The Morgan fingerprint density at radius 3 is 2.67 bits per heavy atom. The SMILES string of the molecule is O=C1N=c2ccccc2=CC1=Cc1sc(=S)n(CCc2ccccc2)c1O. The molecule has 0 spiro atoms. The van der Waals surface area contributed by atoms with Crippen molar-refractivity contribution in [3.63, 3.8) is 0 Å². The molecule has 27 heavy (non-hydrogen) atoms. The second kappa shape index (κ2) is 7.42. The van der Waals surface area contributed by atoms with E-state index in [-0.39, 0.29) is 11.8 Å². The van der Waals surface area contributed by atoms with Crippen molar-refractivity contribution in [2.24, 2.45) is 4.99 Å². The minimum absolute atomic E-state index is 0.0912. The van der Waals surface area contributed by atoms with Crippen LogP contribution < -0.4 is 10.6 Å². The maximum absolute atomic E-state index is 12.3. The first-order valence-corrected chi connectivity index (χ1v) is 9.72. The van der Waals surface area contributed by atoms with Crippen molar-refractivity contribution in [3.8, 4) is 5.88 Å². The van der Waals surface area contributed by atoms with Gasteiger partial charge in [-0.05, 0) is 42.4 Å². The second-order valence-electron chi connectivity index (χ2n) is 6.16. The maximum Gasteiger partial charge on any atom is 0.277 e. The van der Waals surface area contributed by atoms with Crippen molar-refractivity contribution in [1.29, 1.82) is 0 Å². The number of hydrogen-bond acceptors (Lipinski definition) is 4. The summed E-state index contributed by atoms with van der Waals surface area (Å²) in [6.45, 7) is 0.583. The fourth-order valence-corrected chi connectivity index (χ4v) is 4.26. The predicted molar refractivity (Wildman–Crippen MR) is 110 cm³/mol. The quantitative estimate of drug-likeness (QED) is 0.548. The Morgan fingerprint density at radius 2 is 1.85 bits per heavy atom. The van der Waals surface area contributed by atoms with Crippen LogP contribution in [0.15, 0.2) is 65.2 Å². The molecule has 2 heterocycles. The van der Waals surface area contributed by atoms with Crippen LogP contribution in [0.4, 0.5) is 0 Å². The lowest BCUT2D eigenvalue weighted by atomic mass is 10.1. The minimum Gasteiger partial charge on any atom is -0.493 e. The van der Waals surface area contributed by atoms with Gasteiger partial charge >= 0.3 is 0 Å². The maximum atomic E-state index is 12.3. The van der Waals surface area contributed by atoms with Crippen LogP contribution in [0.1, 0.15) is 10.4 Å². The zero-order valence-corrected chi connectivity index (χ0v) is 16.0. The Morgan fingerprint density at radius 1 is 1.11 bits per heavy atom. The summed E-state index contributed by atoms with van der Waals surface area (Å²) < 4.78 is 2.29. The van der Waals surface area contributed by atoms with Crippen LogP contribution in [0.5, 0.6) is 5.88 Å². The van der Waals surface area contributed by atoms with E-state index in [2.05, 4.69) is 4.99 Å². The van der Waals surface area contributed by atoms with Crippen molar-refractivity contribution in [2.45, 2.75) is 13.0 Å². The molecule has 1 aromatic heterocycles. The van der Waals surface area contributed by atoms with Crippen LogP contribution in [0, 0.1) is 3.95 Å². The number of hydrogen-bond donors (Lipinski definition) is 1. The summed E-state index contributed by atoms with van der Waals surface area (Å²) in [5.41, 5.74) is 1.62. The van der Waals surface area contributed by atoms with Crippen molar-refractivity contribution in [2.75, 3.05) is 0 Å². The second-order valence-corrected chi connectivity index (χ2v) is 7.84. The Kier molecular flexibility index (Phi) is 4.83. The van der Waals surface area contributed by atoms with Gasteiger partial charge in [-0.3, -0.25) is 9.36 Å². The summed E-state index contributed by atoms with van der Waals surface area (Å²) in [5, 5.41) is 12.2. The molecule has 1 aliphatic heterocycles. The van der Waals surface area contributed by atoms with E-state index in [1.165, 1.54) is 16.9 Å². The summed E-state index contributed by atoms with van der Waals surface area (Å²) in [6, 6.07) is 17.5. The van der Waals surface area contributed by atoms with Crippen molar-refractivity contribution >= 4 is 41.6 Å². The van der Waals surface area contributed by atoms with E-state index in [1.807, 2.05) is 54.6 Å². The van der Waals surface area contributed by atoms with E-state index in [0.29, 0.717) is 26.3 Å². The molecule has 0 bridgehead atoms. The summed E-state index contributed by atoms with van der Waals surface area (Å²) in [6.07, 6.45) is 4.22. The van der Waals surface area contributed by atoms with Crippen LogP contribution in [-0.2, 0) is 17.8 Å². The number of thiazole rings is 1. The van der Waals surface area contributed by atoms with Gasteiger partial charge in [-0.1, -0.05) is 48.5 Å². The molecular weight excluding hydrogens is 376 g/mol. The highest BCUT2D eigenvalue weighted by Crippen LogP contribution is 2.29. The number of rotatable bonds is 4. The molecule has 2 aromatic carbocycles. The number of aromatic hydroxyl groups is 1. The molecule has 0 fully saturated rings. The Bertz CT molecular complexity index is 1220. The topological polar surface area (TPSA) is 54.6 Å². The molecule has 3 aromatic rings. The number of nitrogens with zero attached hydrogens (tertiary/aromatic N) is 2. The highest BCUT2D eigenvalue weighted by atomic mass is 32.1. The summed E-state index contributed by atoms with van der Waals surface area (Å²) in [4.78, 5) is 17.0. The van der Waals surface area contributed by atoms with Crippen LogP contribution in [-0.4, -0.2) is 15.6 Å². The standard InChI is InChI=1S/C21H16N2O2S2/c24-19-16(12-15-8-4-5-9-17(15)22-19)13-18-20(25)23(21(26)27-18)11-10-14-6-2-1-3-7-14/h1-9,12-13,25H,10-11H2. The molecule has 0 atom stereocenters. The van der Waals surface area contributed by atoms with Crippen LogP contribution >= 0.6 is 23.6 Å². The van der Waals surface area contributed by atoms with E-state index in [4.69, 9.17) is 12.2 Å². The van der Waals surface area contributed by atoms with Crippen molar-refractivity contribution < 1.29 is 9.90 Å². The Labute approximate surface area is 165 Å². The zero-order valence-electron chi connectivity index (χ0n) is 14.3. The molecule has 0 radical (unpaired) electrons. The third-order valence-electron chi connectivity index (χ3n) is 4.36. The van der Waals surface area contributed by atoms with Gasteiger partial charge in [0.1, 0.15) is 0 Å². The lowest BCUT2D eigenvalue weighted by Crippen LogP contribution is -2.29. The van der Waals surface area contributed by atoms with E-state index < -0.39 is 0 Å². The van der Waals surface area contributed by atoms with Crippen LogP contribution in [0.3, 0.4) is 0 Å². The number of aryl methyl sites for hydroxylation is 1. The lowest BCUT2D eigenvalue weighted by Gasteiger charge is -2.05. The van der Waals surface area contributed by atoms with Gasteiger partial charge in [0.15, 0.2) is 3.95 Å².